The first-order chi connectivity index (χ1) is 6.52. The Labute approximate surface area is 86.2 Å². The minimum atomic E-state index is 0.173. The maximum absolute atomic E-state index is 11.4. The molecule has 0 radical (unpaired) electrons. The fraction of sp³-hybridized carbons (Fsp3) is 0.909. The van der Waals surface area contributed by atoms with Crippen molar-refractivity contribution >= 4 is 5.91 Å². The Bertz CT molecular complexity index is 197. The molecule has 0 aliphatic carbocycles. The second-order valence-electron chi connectivity index (χ2n) is 5.01. The number of hydrogen-bond donors (Lipinski definition) is 1. The van der Waals surface area contributed by atoms with Gasteiger partial charge in [-0.3, -0.25) is 4.79 Å². The average molecular weight is 199 g/mol. The fourth-order valence-corrected chi connectivity index (χ4v) is 1.37. The molecule has 1 N–H and O–H groups in total. The van der Waals surface area contributed by atoms with Crippen LogP contribution in [0.3, 0.4) is 0 Å². The summed E-state index contributed by atoms with van der Waals surface area (Å²) in [7, 11) is 0. The van der Waals surface area contributed by atoms with Crippen LogP contribution in [0.5, 0.6) is 0 Å². The summed E-state index contributed by atoms with van der Waals surface area (Å²) in [6.45, 7) is 8.71. The number of hydrogen-bond acceptors (Lipinski definition) is 2. The molecule has 1 amide bonds. The Kier molecular flexibility index (Phi) is 3.93. The van der Waals surface area contributed by atoms with Crippen molar-refractivity contribution < 1.29 is 9.53 Å². The van der Waals surface area contributed by atoms with Crippen LogP contribution in [0.4, 0.5) is 0 Å². The van der Waals surface area contributed by atoms with Crippen LogP contribution >= 0.6 is 0 Å². The molecular weight excluding hydrogens is 178 g/mol. The number of rotatable bonds is 5. The lowest BCUT2D eigenvalue weighted by Gasteiger charge is -2.38. The highest BCUT2D eigenvalue weighted by atomic mass is 16.5. The van der Waals surface area contributed by atoms with Crippen molar-refractivity contribution in [3.8, 4) is 0 Å². The van der Waals surface area contributed by atoms with E-state index in [0.29, 0.717) is 12.3 Å². The van der Waals surface area contributed by atoms with Crippen LogP contribution < -0.4 is 5.32 Å². The summed E-state index contributed by atoms with van der Waals surface area (Å²) in [5, 5.41) is 2.96. The van der Waals surface area contributed by atoms with E-state index in [2.05, 4.69) is 26.1 Å². The first-order valence-corrected chi connectivity index (χ1v) is 5.36. The molecule has 1 heterocycles. The quantitative estimate of drug-likeness (QED) is 0.730. The molecule has 0 aromatic heterocycles. The summed E-state index contributed by atoms with van der Waals surface area (Å²) >= 11 is 0. The van der Waals surface area contributed by atoms with Crippen molar-refractivity contribution in [3.63, 3.8) is 0 Å². The summed E-state index contributed by atoms with van der Waals surface area (Å²) in [6, 6.07) is 0. The molecule has 3 nitrogen and oxygen atoms in total. The number of amides is 1. The number of carbonyl (C=O) groups excluding carboxylic acids is 1. The van der Waals surface area contributed by atoms with Gasteiger partial charge >= 0.3 is 0 Å². The van der Waals surface area contributed by atoms with Crippen LogP contribution in [-0.2, 0) is 9.53 Å². The van der Waals surface area contributed by atoms with Crippen LogP contribution in [0.2, 0.25) is 0 Å². The molecule has 0 aromatic rings. The average Bonchev–Trinajstić information content (AvgIpc) is 2.08. The zero-order valence-electron chi connectivity index (χ0n) is 9.43. The van der Waals surface area contributed by atoms with Crippen LogP contribution in [0.1, 0.15) is 33.6 Å². The number of ether oxygens (including phenoxy) is 1. The molecule has 1 fully saturated rings. The van der Waals surface area contributed by atoms with Gasteiger partial charge in [-0.25, -0.2) is 0 Å². The van der Waals surface area contributed by atoms with E-state index in [4.69, 9.17) is 4.74 Å². The van der Waals surface area contributed by atoms with Crippen LogP contribution in [0, 0.1) is 11.3 Å². The lowest BCUT2D eigenvalue weighted by Crippen LogP contribution is -2.48. The van der Waals surface area contributed by atoms with Gasteiger partial charge in [0.15, 0.2) is 0 Å². The molecule has 0 saturated carbocycles. The third-order valence-electron chi connectivity index (χ3n) is 2.56. The molecule has 0 aromatic carbocycles. The minimum Gasteiger partial charge on any atom is -0.380 e. The molecule has 1 aliphatic heterocycles. The van der Waals surface area contributed by atoms with Crippen molar-refractivity contribution in [2.75, 3.05) is 19.8 Å². The minimum absolute atomic E-state index is 0.173. The van der Waals surface area contributed by atoms with E-state index < -0.39 is 0 Å². The molecule has 1 aliphatic rings. The van der Waals surface area contributed by atoms with Gasteiger partial charge in [0.05, 0.1) is 13.2 Å². The molecule has 0 spiro atoms. The van der Waals surface area contributed by atoms with E-state index in [9.17, 15) is 4.79 Å². The van der Waals surface area contributed by atoms with E-state index >= 15 is 0 Å². The van der Waals surface area contributed by atoms with E-state index in [1.165, 1.54) is 0 Å². The van der Waals surface area contributed by atoms with Crippen molar-refractivity contribution in [2.24, 2.45) is 11.3 Å². The van der Waals surface area contributed by atoms with Crippen LogP contribution in [0.25, 0.3) is 0 Å². The first kappa shape index (κ1) is 11.5. The SMILES string of the molecule is CC(C)CCC(=O)NCC1(C)COC1. The Hall–Kier alpha value is -0.570. The maximum atomic E-state index is 11.4. The highest BCUT2D eigenvalue weighted by Gasteiger charge is 2.33. The highest BCUT2D eigenvalue weighted by Crippen LogP contribution is 2.25. The molecule has 1 rings (SSSR count). The summed E-state index contributed by atoms with van der Waals surface area (Å²) in [5.74, 6) is 0.773. The zero-order chi connectivity index (χ0) is 10.6. The topological polar surface area (TPSA) is 38.3 Å². The van der Waals surface area contributed by atoms with Crippen LogP contribution in [0.15, 0.2) is 0 Å². The van der Waals surface area contributed by atoms with Crippen molar-refractivity contribution in [1.82, 2.24) is 5.32 Å². The van der Waals surface area contributed by atoms with Gasteiger partial charge in [0, 0.05) is 18.4 Å². The molecule has 0 bridgehead atoms. The lowest BCUT2D eigenvalue weighted by molar-refractivity contribution is -0.127. The number of nitrogens with one attached hydrogen (secondary N) is 1. The zero-order valence-corrected chi connectivity index (χ0v) is 9.43. The van der Waals surface area contributed by atoms with E-state index in [1.54, 1.807) is 0 Å². The standard InChI is InChI=1S/C11H21NO2/c1-9(2)4-5-10(13)12-6-11(3)7-14-8-11/h9H,4-8H2,1-3H3,(H,12,13). The van der Waals surface area contributed by atoms with Gasteiger partial charge in [0.1, 0.15) is 0 Å². The third kappa shape index (κ3) is 3.66. The molecule has 3 heteroatoms. The van der Waals surface area contributed by atoms with Crippen molar-refractivity contribution in [1.29, 1.82) is 0 Å². The van der Waals surface area contributed by atoms with E-state index in [-0.39, 0.29) is 11.3 Å². The Morgan fingerprint density at radius 2 is 2.14 bits per heavy atom. The molecule has 0 atom stereocenters. The van der Waals surface area contributed by atoms with Gasteiger partial charge < -0.3 is 10.1 Å². The summed E-state index contributed by atoms with van der Waals surface area (Å²) in [5.41, 5.74) is 0.188. The maximum Gasteiger partial charge on any atom is 0.220 e. The molecule has 1 saturated heterocycles. The Morgan fingerprint density at radius 3 is 2.57 bits per heavy atom. The van der Waals surface area contributed by atoms with E-state index in [1.807, 2.05) is 0 Å². The normalized spacial score (nSPS) is 19.1. The number of carbonyl (C=O) groups is 1. The molecule has 82 valence electrons. The monoisotopic (exact) mass is 199 g/mol. The van der Waals surface area contributed by atoms with Gasteiger partial charge in [-0.05, 0) is 12.3 Å². The summed E-state index contributed by atoms with van der Waals surface area (Å²) in [4.78, 5) is 11.4. The Balaban J connectivity index is 2.08. The van der Waals surface area contributed by atoms with Crippen molar-refractivity contribution in [3.05, 3.63) is 0 Å². The van der Waals surface area contributed by atoms with Gasteiger partial charge in [-0.2, -0.15) is 0 Å². The second-order valence-corrected chi connectivity index (χ2v) is 5.01. The van der Waals surface area contributed by atoms with Gasteiger partial charge in [-0.1, -0.05) is 20.8 Å². The van der Waals surface area contributed by atoms with E-state index in [0.717, 1.165) is 26.2 Å². The van der Waals surface area contributed by atoms with Gasteiger partial charge in [0.25, 0.3) is 0 Å². The van der Waals surface area contributed by atoms with Gasteiger partial charge in [-0.15, -0.1) is 0 Å². The largest absolute Gasteiger partial charge is 0.380 e. The fourth-order valence-electron chi connectivity index (χ4n) is 1.37. The summed E-state index contributed by atoms with van der Waals surface area (Å²) in [6.07, 6.45) is 1.62. The Morgan fingerprint density at radius 1 is 1.50 bits per heavy atom. The highest BCUT2D eigenvalue weighted by molar-refractivity contribution is 5.75. The molecule has 0 unspecified atom stereocenters. The lowest BCUT2D eigenvalue weighted by atomic mass is 9.89. The first-order valence-electron chi connectivity index (χ1n) is 5.36. The third-order valence-corrected chi connectivity index (χ3v) is 2.56. The molecule has 14 heavy (non-hydrogen) atoms. The predicted octanol–water partition coefficient (Wildman–Crippen LogP) is 1.58. The molecular formula is C11H21NO2. The smallest absolute Gasteiger partial charge is 0.220 e. The van der Waals surface area contributed by atoms with Crippen molar-refractivity contribution in [2.45, 2.75) is 33.6 Å². The summed E-state index contributed by atoms with van der Waals surface area (Å²) < 4.78 is 5.12. The van der Waals surface area contributed by atoms with Crippen LogP contribution in [-0.4, -0.2) is 25.7 Å². The van der Waals surface area contributed by atoms with Gasteiger partial charge in [0.2, 0.25) is 5.91 Å². The predicted molar refractivity (Wildman–Crippen MR) is 56.0 cm³/mol. The second kappa shape index (κ2) is 4.78.